The van der Waals surface area contributed by atoms with Gasteiger partial charge in [-0.2, -0.15) is 5.10 Å². The summed E-state index contributed by atoms with van der Waals surface area (Å²) < 4.78 is 4.98. The van der Waals surface area contributed by atoms with Crippen LogP contribution in [-0.4, -0.2) is 30.2 Å². The zero-order valence-electron chi connectivity index (χ0n) is 16.0. The molecule has 0 aliphatic heterocycles. The summed E-state index contributed by atoms with van der Waals surface area (Å²) in [6.07, 6.45) is 0. The zero-order chi connectivity index (χ0) is 20.8. The van der Waals surface area contributed by atoms with Gasteiger partial charge in [-0.1, -0.05) is 30.3 Å². The van der Waals surface area contributed by atoms with Crippen LogP contribution in [0.3, 0.4) is 0 Å². The number of methoxy groups -OCH3 is 1. The largest absolute Gasteiger partial charge is 0.490 e. The van der Waals surface area contributed by atoms with Gasteiger partial charge in [0.2, 0.25) is 0 Å². The number of carbonyl (C=O) groups excluding carboxylic acids is 1. The van der Waals surface area contributed by atoms with Gasteiger partial charge in [0.05, 0.1) is 24.3 Å². The smallest absolute Gasteiger partial charge is 0.311 e. The standard InChI is InChI=1S/C21H20N4O4/c1-14(16-8-10-20(29-2)19(12-16)25(27)28)23-24-21(26)13-22-18-9-7-15-5-3-4-6-17(15)11-18/h3-12,22H,13H2,1-2H3,(H,24,26). The molecule has 3 aromatic carbocycles. The number of nitro benzene ring substituents is 1. The monoisotopic (exact) mass is 392 g/mol. The molecule has 148 valence electrons. The first-order chi connectivity index (χ1) is 14.0. The molecule has 0 radical (unpaired) electrons. The van der Waals surface area contributed by atoms with Crippen molar-refractivity contribution >= 4 is 33.8 Å². The van der Waals surface area contributed by atoms with Gasteiger partial charge in [-0.15, -0.1) is 0 Å². The first-order valence-electron chi connectivity index (χ1n) is 8.86. The Morgan fingerprint density at radius 2 is 1.86 bits per heavy atom. The summed E-state index contributed by atoms with van der Waals surface area (Å²) in [5, 5.41) is 20.4. The number of hydrogen-bond donors (Lipinski definition) is 2. The lowest BCUT2D eigenvalue weighted by molar-refractivity contribution is -0.385. The molecule has 8 nitrogen and oxygen atoms in total. The Kier molecular flexibility index (Phi) is 6.03. The maximum atomic E-state index is 12.1. The highest BCUT2D eigenvalue weighted by Gasteiger charge is 2.16. The maximum absolute atomic E-state index is 12.1. The molecule has 29 heavy (non-hydrogen) atoms. The number of hydrazone groups is 1. The molecule has 0 saturated carbocycles. The van der Waals surface area contributed by atoms with Crippen LogP contribution in [0.5, 0.6) is 5.75 Å². The van der Waals surface area contributed by atoms with Crippen molar-refractivity contribution in [2.45, 2.75) is 6.92 Å². The molecular weight excluding hydrogens is 372 g/mol. The van der Waals surface area contributed by atoms with E-state index in [0.29, 0.717) is 11.3 Å². The summed E-state index contributed by atoms with van der Waals surface area (Å²) in [4.78, 5) is 22.7. The number of rotatable bonds is 7. The predicted molar refractivity (Wildman–Crippen MR) is 112 cm³/mol. The number of fused-ring (bicyclic) bond motifs is 1. The minimum Gasteiger partial charge on any atom is -0.490 e. The van der Waals surface area contributed by atoms with Crippen molar-refractivity contribution < 1.29 is 14.5 Å². The van der Waals surface area contributed by atoms with Gasteiger partial charge >= 0.3 is 5.69 Å². The van der Waals surface area contributed by atoms with Gasteiger partial charge in [0, 0.05) is 17.3 Å². The fraction of sp³-hybridized carbons (Fsp3) is 0.143. The Bertz CT molecular complexity index is 1090. The van der Waals surface area contributed by atoms with E-state index in [1.807, 2.05) is 42.5 Å². The molecule has 3 aromatic rings. The molecular formula is C21H20N4O4. The third kappa shape index (κ3) is 4.86. The molecule has 0 aliphatic carbocycles. The Morgan fingerprint density at radius 1 is 1.10 bits per heavy atom. The van der Waals surface area contributed by atoms with E-state index in [0.717, 1.165) is 16.5 Å². The van der Waals surface area contributed by atoms with E-state index < -0.39 is 4.92 Å². The van der Waals surface area contributed by atoms with Crippen LogP contribution in [0.1, 0.15) is 12.5 Å². The van der Waals surface area contributed by atoms with Crippen LogP contribution in [0.4, 0.5) is 11.4 Å². The van der Waals surface area contributed by atoms with Crippen LogP contribution < -0.4 is 15.5 Å². The summed E-state index contributed by atoms with van der Waals surface area (Å²) in [5.74, 6) is -0.171. The first kappa shape index (κ1) is 19.8. The predicted octanol–water partition coefficient (Wildman–Crippen LogP) is 3.71. The molecule has 2 N–H and O–H groups in total. The molecule has 8 heteroatoms. The SMILES string of the molecule is COc1ccc(C(C)=NNC(=O)CNc2ccc3ccccc3c2)cc1[N+](=O)[O-]. The third-order valence-electron chi connectivity index (χ3n) is 4.34. The summed E-state index contributed by atoms with van der Waals surface area (Å²) in [5.41, 5.74) is 4.07. The van der Waals surface area contributed by atoms with Crippen molar-refractivity contribution in [1.29, 1.82) is 0 Å². The number of carbonyl (C=O) groups is 1. The van der Waals surface area contributed by atoms with E-state index in [1.54, 1.807) is 13.0 Å². The number of hydrogen-bond acceptors (Lipinski definition) is 6. The molecule has 0 fully saturated rings. The average molecular weight is 392 g/mol. The number of amides is 1. The highest BCUT2D eigenvalue weighted by atomic mass is 16.6. The fourth-order valence-corrected chi connectivity index (χ4v) is 2.79. The van der Waals surface area contributed by atoms with Crippen LogP contribution in [-0.2, 0) is 4.79 Å². The maximum Gasteiger partial charge on any atom is 0.311 e. The zero-order valence-corrected chi connectivity index (χ0v) is 16.0. The van der Waals surface area contributed by atoms with Gasteiger partial charge < -0.3 is 10.1 Å². The van der Waals surface area contributed by atoms with Crippen molar-refractivity contribution in [3.8, 4) is 5.75 Å². The molecule has 1 amide bonds. The van der Waals surface area contributed by atoms with Gasteiger partial charge in [0.25, 0.3) is 5.91 Å². The number of nitro groups is 1. The first-order valence-corrected chi connectivity index (χ1v) is 8.86. The minimum absolute atomic E-state index is 0.0396. The van der Waals surface area contributed by atoms with Gasteiger partial charge in [-0.05, 0) is 42.0 Å². The second-order valence-electron chi connectivity index (χ2n) is 6.29. The van der Waals surface area contributed by atoms with Crippen molar-refractivity contribution in [3.05, 3.63) is 76.3 Å². The molecule has 0 aromatic heterocycles. The highest BCUT2D eigenvalue weighted by Crippen LogP contribution is 2.27. The van der Waals surface area contributed by atoms with Crippen LogP contribution in [0.15, 0.2) is 65.8 Å². The minimum atomic E-state index is -0.526. The van der Waals surface area contributed by atoms with Crippen molar-refractivity contribution in [2.24, 2.45) is 5.10 Å². The van der Waals surface area contributed by atoms with Crippen LogP contribution in [0, 0.1) is 10.1 Å². The van der Waals surface area contributed by atoms with Gasteiger partial charge in [-0.3, -0.25) is 14.9 Å². The summed E-state index contributed by atoms with van der Waals surface area (Å²) in [7, 11) is 1.37. The van der Waals surface area contributed by atoms with E-state index in [4.69, 9.17) is 4.74 Å². The number of ether oxygens (including phenoxy) is 1. The van der Waals surface area contributed by atoms with Crippen LogP contribution in [0.2, 0.25) is 0 Å². The number of anilines is 1. The molecule has 0 bridgehead atoms. The second kappa shape index (κ2) is 8.83. The number of nitrogens with one attached hydrogen (secondary N) is 2. The number of nitrogens with zero attached hydrogens (tertiary/aromatic N) is 2. The molecule has 3 rings (SSSR count). The average Bonchev–Trinajstić information content (AvgIpc) is 2.75. The van der Waals surface area contributed by atoms with Crippen molar-refractivity contribution in [1.82, 2.24) is 5.43 Å². The quantitative estimate of drug-likeness (QED) is 0.362. The van der Waals surface area contributed by atoms with Crippen LogP contribution >= 0.6 is 0 Å². The highest BCUT2D eigenvalue weighted by molar-refractivity contribution is 6.00. The van der Waals surface area contributed by atoms with Gasteiger partial charge in [-0.25, -0.2) is 5.43 Å². The van der Waals surface area contributed by atoms with Crippen molar-refractivity contribution in [3.63, 3.8) is 0 Å². The van der Waals surface area contributed by atoms with E-state index in [2.05, 4.69) is 15.8 Å². The lowest BCUT2D eigenvalue weighted by atomic mass is 10.1. The van der Waals surface area contributed by atoms with E-state index >= 15 is 0 Å². The lowest BCUT2D eigenvalue weighted by Gasteiger charge is -2.08. The van der Waals surface area contributed by atoms with E-state index in [9.17, 15) is 14.9 Å². The fourth-order valence-electron chi connectivity index (χ4n) is 2.79. The van der Waals surface area contributed by atoms with E-state index in [-0.39, 0.29) is 23.9 Å². The summed E-state index contributed by atoms with van der Waals surface area (Å²) in [6.45, 7) is 1.69. The second-order valence-corrected chi connectivity index (χ2v) is 6.29. The van der Waals surface area contributed by atoms with Crippen LogP contribution in [0.25, 0.3) is 10.8 Å². The molecule has 0 spiro atoms. The Labute approximate surface area is 167 Å². The topological polar surface area (TPSA) is 106 Å². The lowest BCUT2D eigenvalue weighted by Crippen LogP contribution is -2.26. The summed E-state index contributed by atoms with van der Waals surface area (Å²) >= 11 is 0. The molecule has 0 aliphatic rings. The molecule has 0 saturated heterocycles. The third-order valence-corrected chi connectivity index (χ3v) is 4.34. The molecule has 0 heterocycles. The summed E-state index contributed by atoms with van der Waals surface area (Å²) in [6, 6.07) is 18.3. The van der Waals surface area contributed by atoms with Gasteiger partial charge in [0.15, 0.2) is 5.75 Å². The Morgan fingerprint density at radius 3 is 2.59 bits per heavy atom. The van der Waals surface area contributed by atoms with Gasteiger partial charge in [0.1, 0.15) is 0 Å². The van der Waals surface area contributed by atoms with Crippen molar-refractivity contribution in [2.75, 3.05) is 19.0 Å². The molecule has 0 unspecified atom stereocenters. The Balaban J connectivity index is 1.62. The Hall–Kier alpha value is -3.94. The number of benzene rings is 3. The molecule has 0 atom stereocenters. The van der Waals surface area contributed by atoms with E-state index in [1.165, 1.54) is 19.2 Å². The normalized spacial score (nSPS) is 11.2.